The number of para-hydroxylation sites is 1. The van der Waals surface area contributed by atoms with Crippen molar-refractivity contribution in [1.29, 1.82) is 0 Å². The molecule has 3 heteroatoms. The number of furan rings is 1. The molecular formula is C16H20ClNO. The quantitative estimate of drug-likeness (QED) is 0.857. The summed E-state index contributed by atoms with van der Waals surface area (Å²) in [6, 6.07) is 8.32. The Balaban J connectivity index is 1.86. The van der Waals surface area contributed by atoms with Crippen molar-refractivity contribution in [2.75, 3.05) is 7.05 Å². The molecule has 0 saturated heterocycles. The maximum absolute atomic E-state index is 6.17. The number of benzene rings is 1. The first kappa shape index (κ1) is 13.0. The Morgan fingerprint density at radius 1 is 1.37 bits per heavy atom. The first-order valence-electron chi connectivity index (χ1n) is 7.13. The highest BCUT2D eigenvalue weighted by molar-refractivity contribution is 6.34. The van der Waals surface area contributed by atoms with Crippen LogP contribution in [0.2, 0.25) is 5.02 Å². The van der Waals surface area contributed by atoms with E-state index in [0.29, 0.717) is 11.1 Å². The summed E-state index contributed by atoms with van der Waals surface area (Å²) in [5.74, 6) is 1.85. The maximum Gasteiger partial charge on any atom is 0.152 e. The molecule has 1 N–H and O–H groups in total. The predicted octanol–water partition coefficient (Wildman–Crippen LogP) is 4.93. The third-order valence-corrected chi connectivity index (χ3v) is 4.55. The molecule has 1 aromatic heterocycles. The topological polar surface area (TPSA) is 25.2 Å². The summed E-state index contributed by atoms with van der Waals surface area (Å²) in [5.41, 5.74) is 0.811. The minimum absolute atomic E-state index is 0.298. The summed E-state index contributed by atoms with van der Waals surface area (Å²) >= 11 is 6.17. The Morgan fingerprint density at radius 3 is 2.84 bits per heavy atom. The first-order valence-corrected chi connectivity index (χ1v) is 7.51. The summed E-state index contributed by atoms with van der Waals surface area (Å²) in [6.07, 6.45) is 6.65. The minimum atomic E-state index is 0.298. The van der Waals surface area contributed by atoms with E-state index in [1.807, 2.05) is 19.2 Å². The first-order chi connectivity index (χ1) is 9.28. The van der Waals surface area contributed by atoms with Crippen molar-refractivity contribution in [3.63, 3.8) is 0 Å². The second-order valence-corrected chi connectivity index (χ2v) is 5.94. The predicted molar refractivity (Wildman–Crippen MR) is 79.6 cm³/mol. The van der Waals surface area contributed by atoms with Gasteiger partial charge in [0.15, 0.2) is 5.58 Å². The highest BCUT2D eigenvalue weighted by Gasteiger charge is 2.22. The number of hydrogen-bond acceptors (Lipinski definition) is 2. The van der Waals surface area contributed by atoms with Gasteiger partial charge in [-0.05, 0) is 31.5 Å². The SMILES string of the molecule is CNC(CC1CCCC1)c1cc2cccc(Cl)c2o1. The molecule has 3 rings (SSSR count). The van der Waals surface area contributed by atoms with Crippen molar-refractivity contribution in [2.24, 2.45) is 5.92 Å². The number of nitrogens with one attached hydrogen (secondary N) is 1. The smallest absolute Gasteiger partial charge is 0.152 e. The summed E-state index contributed by atoms with van der Waals surface area (Å²) in [7, 11) is 2.01. The second-order valence-electron chi connectivity index (χ2n) is 5.53. The highest BCUT2D eigenvalue weighted by Crippen LogP contribution is 2.35. The third-order valence-electron chi connectivity index (χ3n) is 4.25. The van der Waals surface area contributed by atoms with E-state index in [4.69, 9.17) is 16.0 Å². The lowest BCUT2D eigenvalue weighted by Gasteiger charge is -2.17. The van der Waals surface area contributed by atoms with Gasteiger partial charge in [0.05, 0.1) is 11.1 Å². The average Bonchev–Trinajstić information content (AvgIpc) is 3.05. The lowest BCUT2D eigenvalue weighted by Crippen LogP contribution is -2.18. The van der Waals surface area contributed by atoms with Crippen molar-refractivity contribution in [1.82, 2.24) is 5.32 Å². The molecule has 0 amide bonds. The number of halogens is 1. The van der Waals surface area contributed by atoms with Gasteiger partial charge < -0.3 is 9.73 Å². The molecule has 0 spiro atoms. The molecular weight excluding hydrogens is 258 g/mol. The fourth-order valence-corrected chi connectivity index (χ4v) is 3.40. The summed E-state index contributed by atoms with van der Waals surface area (Å²) < 4.78 is 5.97. The summed E-state index contributed by atoms with van der Waals surface area (Å²) in [5, 5.41) is 5.17. The van der Waals surface area contributed by atoms with Crippen LogP contribution in [-0.4, -0.2) is 7.05 Å². The van der Waals surface area contributed by atoms with Crippen LogP contribution in [0.15, 0.2) is 28.7 Å². The fourth-order valence-electron chi connectivity index (χ4n) is 3.17. The minimum Gasteiger partial charge on any atom is -0.458 e. The van der Waals surface area contributed by atoms with Crippen LogP contribution in [0.1, 0.15) is 43.9 Å². The zero-order valence-corrected chi connectivity index (χ0v) is 12.0. The van der Waals surface area contributed by atoms with Crippen LogP contribution in [0.3, 0.4) is 0 Å². The molecule has 1 aromatic carbocycles. The van der Waals surface area contributed by atoms with Crippen molar-refractivity contribution in [3.8, 4) is 0 Å². The van der Waals surface area contributed by atoms with Crippen molar-refractivity contribution in [2.45, 2.75) is 38.1 Å². The van der Waals surface area contributed by atoms with Gasteiger partial charge in [-0.1, -0.05) is 49.4 Å². The normalized spacial score (nSPS) is 18.2. The molecule has 19 heavy (non-hydrogen) atoms. The largest absolute Gasteiger partial charge is 0.458 e. The van der Waals surface area contributed by atoms with Crippen molar-refractivity contribution < 1.29 is 4.42 Å². The molecule has 1 aliphatic carbocycles. The second kappa shape index (κ2) is 5.56. The Kier molecular flexibility index (Phi) is 3.81. The van der Waals surface area contributed by atoms with Gasteiger partial charge in [0.2, 0.25) is 0 Å². The van der Waals surface area contributed by atoms with Gasteiger partial charge in [0.1, 0.15) is 5.76 Å². The van der Waals surface area contributed by atoms with E-state index in [-0.39, 0.29) is 0 Å². The van der Waals surface area contributed by atoms with Gasteiger partial charge in [-0.3, -0.25) is 0 Å². The van der Waals surface area contributed by atoms with Crippen LogP contribution in [0.5, 0.6) is 0 Å². The molecule has 0 radical (unpaired) electrons. The lowest BCUT2D eigenvalue weighted by molar-refractivity contribution is 0.365. The molecule has 102 valence electrons. The zero-order valence-electron chi connectivity index (χ0n) is 11.3. The maximum atomic E-state index is 6.17. The number of fused-ring (bicyclic) bond motifs is 1. The summed E-state index contributed by atoms with van der Waals surface area (Å²) in [4.78, 5) is 0. The molecule has 0 aliphatic heterocycles. The lowest BCUT2D eigenvalue weighted by atomic mass is 9.97. The van der Waals surface area contributed by atoms with Gasteiger partial charge >= 0.3 is 0 Å². The number of rotatable bonds is 4. The number of hydrogen-bond donors (Lipinski definition) is 1. The molecule has 1 heterocycles. The molecule has 1 unspecified atom stereocenters. The van der Waals surface area contributed by atoms with E-state index in [9.17, 15) is 0 Å². The van der Waals surface area contributed by atoms with Crippen LogP contribution in [0.25, 0.3) is 11.0 Å². The van der Waals surface area contributed by atoms with Gasteiger partial charge in [-0.15, -0.1) is 0 Å². The molecule has 1 saturated carbocycles. The monoisotopic (exact) mass is 277 g/mol. The molecule has 2 aromatic rings. The van der Waals surface area contributed by atoms with Gasteiger partial charge in [-0.25, -0.2) is 0 Å². The average molecular weight is 278 g/mol. The van der Waals surface area contributed by atoms with Crippen LogP contribution < -0.4 is 5.32 Å². The van der Waals surface area contributed by atoms with Crippen molar-refractivity contribution in [3.05, 3.63) is 35.0 Å². The fraction of sp³-hybridized carbons (Fsp3) is 0.500. The van der Waals surface area contributed by atoms with E-state index in [0.717, 1.165) is 29.1 Å². The summed E-state index contributed by atoms with van der Waals surface area (Å²) in [6.45, 7) is 0. The van der Waals surface area contributed by atoms with E-state index in [1.165, 1.54) is 25.7 Å². The van der Waals surface area contributed by atoms with Crippen molar-refractivity contribution >= 4 is 22.6 Å². The van der Waals surface area contributed by atoms with E-state index >= 15 is 0 Å². The molecule has 0 bridgehead atoms. The highest BCUT2D eigenvalue weighted by atomic mass is 35.5. The Labute approximate surface area is 119 Å². The molecule has 1 fully saturated rings. The molecule has 2 nitrogen and oxygen atoms in total. The Morgan fingerprint density at radius 2 is 2.16 bits per heavy atom. The van der Waals surface area contributed by atoms with E-state index in [2.05, 4.69) is 17.4 Å². The van der Waals surface area contributed by atoms with Gasteiger partial charge in [-0.2, -0.15) is 0 Å². The Bertz CT molecular complexity index is 557. The van der Waals surface area contributed by atoms with Crippen LogP contribution in [-0.2, 0) is 0 Å². The van der Waals surface area contributed by atoms with Gasteiger partial charge in [0.25, 0.3) is 0 Å². The standard InChI is InChI=1S/C16H20ClNO/c1-18-14(9-11-5-2-3-6-11)15-10-12-7-4-8-13(17)16(12)19-15/h4,7-8,10-11,14,18H,2-3,5-6,9H2,1H3. The van der Waals surface area contributed by atoms with Crippen LogP contribution in [0.4, 0.5) is 0 Å². The van der Waals surface area contributed by atoms with Gasteiger partial charge in [0, 0.05) is 5.39 Å². The van der Waals surface area contributed by atoms with Crippen LogP contribution in [0, 0.1) is 5.92 Å². The van der Waals surface area contributed by atoms with Crippen LogP contribution >= 0.6 is 11.6 Å². The molecule has 1 aliphatic rings. The van der Waals surface area contributed by atoms with E-state index < -0.39 is 0 Å². The zero-order chi connectivity index (χ0) is 13.2. The third kappa shape index (κ3) is 2.65. The van der Waals surface area contributed by atoms with E-state index in [1.54, 1.807) is 0 Å². The molecule has 1 atom stereocenters. The Hall–Kier alpha value is -0.990.